The van der Waals surface area contributed by atoms with Crippen molar-refractivity contribution in [2.24, 2.45) is 0 Å². The Kier molecular flexibility index (Phi) is 4.20. The molecule has 1 aliphatic rings. The summed E-state index contributed by atoms with van der Waals surface area (Å²) in [5.41, 5.74) is 0.603. The van der Waals surface area contributed by atoms with Crippen LogP contribution in [-0.4, -0.2) is 59.4 Å². The van der Waals surface area contributed by atoms with E-state index in [0.717, 1.165) is 0 Å². The number of aromatic nitrogens is 1. The fourth-order valence-electron chi connectivity index (χ4n) is 2.25. The third kappa shape index (κ3) is 2.50. The molecule has 7 nitrogen and oxygen atoms in total. The Morgan fingerprint density at radius 2 is 1.95 bits per heavy atom. The molecule has 106 valence electrons. The standard InChI is InChI=1S/C12H18N2O5/c1-18-8-4-3-6(12(14-8)19-2)9-11(17)10(16)7(5-15)13-9/h3-4,7,9-11,13,15-17H,5H2,1-2H3/t7-,9?,10-,11+/m1/s1. The lowest BCUT2D eigenvalue weighted by molar-refractivity contribution is 0.0191. The Bertz CT molecular complexity index is 442. The Morgan fingerprint density at radius 1 is 1.21 bits per heavy atom. The zero-order valence-corrected chi connectivity index (χ0v) is 10.8. The van der Waals surface area contributed by atoms with Gasteiger partial charge in [-0.2, -0.15) is 4.98 Å². The van der Waals surface area contributed by atoms with E-state index in [-0.39, 0.29) is 6.61 Å². The highest BCUT2D eigenvalue weighted by molar-refractivity contribution is 5.35. The lowest BCUT2D eigenvalue weighted by atomic mass is 10.0. The smallest absolute Gasteiger partial charge is 0.221 e. The summed E-state index contributed by atoms with van der Waals surface area (Å²) in [7, 11) is 2.96. The molecule has 2 rings (SSSR count). The summed E-state index contributed by atoms with van der Waals surface area (Å²) < 4.78 is 10.2. The van der Waals surface area contributed by atoms with E-state index in [1.54, 1.807) is 12.1 Å². The van der Waals surface area contributed by atoms with Gasteiger partial charge < -0.3 is 30.1 Å². The predicted molar refractivity (Wildman–Crippen MR) is 66.1 cm³/mol. The van der Waals surface area contributed by atoms with Crippen LogP contribution in [0.2, 0.25) is 0 Å². The quantitative estimate of drug-likeness (QED) is 0.546. The molecule has 0 amide bonds. The molecule has 1 fully saturated rings. The van der Waals surface area contributed by atoms with Crippen molar-refractivity contribution in [1.29, 1.82) is 0 Å². The van der Waals surface area contributed by atoms with Crippen molar-refractivity contribution in [2.45, 2.75) is 24.3 Å². The zero-order valence-electron chi connectivity index (χ0n) is 10.8. The maximum absolute atomic E-state index is 10.0. The average molecular weight is 270 g/mol. The number of hydrogen-bond acceptors (Lipinski definition) is 7. The molecular formula is C12H18N2O5. The topological polar surface area (TPSA) is 104 Å². The Morgan fingerprint density at radius 3 is 2.47 bits per heavy atom. The van der Waals surface area contributed by atoms with Crippen molar-refractivity contribution in [1.82, 2.24) is 10.3 Å². The highest BCUT2D eigenvalue weighted by atomic mass is 16.5. The summed E-state index contributed by atoms with van der Waals surface area (Å²) in [4.78, 5) is 4.12. The molecule has 0 bridgehead atoms. The Labute approximate surface area is 110 Å². The molecule has 19 heavy (non-hydrogen) atoms. The second-order valence-electron chi connectivity index (χ2n) is 4.37. The van der Waals surface area contributed by atoms with E-state index >= 15 is 0 Å². The van der Waals surface area contributed by atoms with Crippen molar-refractivity contribution < 1.29 is 24.8 Å². The maximum Gasteiger partial charge on any atom is 0.221 e. The molecule has 1 aromatic heterocycles. The van der Waals surface area contributed by atoms with Crippen molar-refractivity contribution in [3.63, 3.8) is 0 Å². The average Bonchev–Trinajstić information content (AvgIpc) is 2.74. The molecule has 0 radical (unpaired) electrons. The van der Waals surface area contributed by atoms with Crippen LogP contribution in [0.15, 0.2) is 12.1 Å². The van der Waals surface area contributed by atoms with Crippen LogP contribution in [0, 0.1) is 0 Å². The third-order valence-electron chi connectivity index (χ3n) is 3.30. The van der Waals surface area contributed by atoms with Gasteiger partial charge in [0.15, 0.2) is 0 Å². The number of methoxy groups -OCH3 is 2. The molecule has 0 aromatic carbocycles. The van der Waals surface area contributed by atoms with E-state index in [0.29, 0.717) is 17.3 Å². The van der Waals surface area contributed by atoms with E-state index in [9.17, 15) is 10.2 Å². The predicted octanol–water partition coefficient (Wildman–Crippen LogP) is -1.17. The minimum absolute atomic E-state index is 0.263. The summed E-state index contributed by atoms with van der Waals surface area (Å²) in [6.07, 6.45) is -2.08. The van der Waals surface area contributed by atoms with Crippen LogP contribution in [0.3, 0.4) is 0 Å². The van der Waals surface area contributed by atoms with Gasteiger partial charge >= 0.3 is 0 Å². The van der Waals surface area contributed by atoms with E-state index < -0.39 is 24.3 Å². The molecule has 7 heteroatoms. The summed E-state index contributed by atoms with van der Waals surface area (Å²) in [5.74, 6) is 0.703. The van der Waals surface area contributed by atoms with Crippen LogP contribution >= 0.6 is 0 Å². The number of pyridine rings is 1. The SMILES string of the molecule is COc1ccc(C2N[C@H](CO)[C@@H](O)[C@H]2O)c(OC)n1. The van der Waals surface area contributed by atoms with E-state index in [1.807, 2.05) is 0 Å². The molecule has 1 saturated heterocycles. The normalized spacial score (nSPS) is 30.4. The monoisotopic (exact) mass is 270 g/mol. The molecule has 0 aliphatic carbocycles. The molecule has 1 unspecified atom stereocenters. The zero-order chi connectivity index (χ0) is 14.0. The molecule has 2 heterocycles. The lowest BCUT2D eigenvalue weighted by Gasteiger charge is -2.18. The summed E-state index contributed by atoms with van der Waals surface area (Å²) >= 11 is 0. The van der Waals surface area contributed by atoms with Crippen molar-refractivity contribution in [3.8, 4) is 11.8 Å². The van der Waals surface area contributed by atoms with Crippen LogP contribution in [0.25, 0.3) is 0 Å². The fraction of sp³-hybridized carbons (Fsp3) is 0.583. The third-order valence-corrected chi connectivity index (χ3v) is 3.30. The van der Waals surface area contributed by atoms with Crippen LogP contribution < -0.4 is 14.8 Å². The van der Waals surface area contributed by atoms with Gasteiger partial charge in [0.2, 0.25) is 11.8 Å². The highest BCUT2D eigenvalue weighted by Gasteiger charge is 2.42. The van der Waals surface area contributed by atoms with Gasteiger partial charge in [0.25, 0.3) is 0 Å². The number of nitrogens with one attached hydrogen (secondary N) is 1. The van der Waals surface area contributed by atoms with Gasteiger partial charge in [-0.1, -0.05) is 0 Å². The first-order valence-corrected chi connectivity index (χ1v) is 5.94. The van der Waals surface area contributed by atoms with Crippen molar-refractivity contribution in [2.75, 3.05) is 20.8 Å². The van der Waals surface area contributed by atoms with E-state index in [2.05, 4.69) is 10.3 Å². The number of aliphatic hydroxyl groups excluding tert-OH is 3. The lowest BCUT2D eigenvalue weighted by Crippen LogP contribution is -2.35. The second-order valence-corrected chi connectivity index (χ2v) is 4.37. The minimum Gasteiger partial charge on any atom is -0.481 e. The van der Waals surface area contributed by atoms with E-state index in [1.165, 1.54) is 14.2 Å². The highest BCUT2D eigenvalue weighted by Crippen LogP contribution is 2.33. The number of aliphatic hydroxyl groups is 3. The van der Waals surface area contributed by atoms with Gasteiger partial charge in [-0.25, -0.2) is 0 Å². The summed E-state index contributed by atoms with van der Waals surface area (Å²) in [6.45, 7) is -0.263. The number of nitrogens with zero attached hydrogens (tertiary/aromatic N) is 1. The van der Waals surface area contributed by atoms with Crippen LogP contribution in [0.4, 0.5) is 0 Å². The number of rotatable bonds is 4. The first-order chi connectivity index (χ1) is 9.12. The van der Waals surface area contributed by atoms with Gasteiger partial charge in [-0.3, -0.25) is 0 Å². The van der Waals surface area contributed by atoms with Crippen LogP contribution in [0.1, 0.15) is 11.6 Å². The maximum atomic E-state index is 10.0. The van der Waals surface area contributed by atoms with Gasteiger partial charge in [-0.15, -0.1) is 0 Å². The van der Waals surface area contributed by atoms with Gasteiger partial charge in [0.1, 0.15) is 6.10 Å². The Balaban J connectivity index is 2.31. The molecule has 0 saturated carbocycles. The first kappa shape index (κ1) is 14.0. The fourth-order valence-corrected chi connectivity index (χ4v) is 2.25. The molecular weight excluding hydrogens is 252 g/mol. The largest absolute Gasteiger partial charge is 0.481 e. The minimum atomic E-state index is -1.04. The molecule has 1 aromatic rings. The number of hydrogen-bond donors (Lipinski definition) is 4. The van der Waals surface area contributed by atoms with Gasteiger partial charge in [0.05, 0.1) is 39.0 Å². The molecule has 4 atom stereocenters. The van der Waals surface area contributed by atoms with Crippen molar-refractivity contribution in [3.05, 3.63) is 17.7 Å². The van der Waals surface area contributed by atoms with E-state index in [4.69, 9.17) is 14.6 Å². The van der Waals surface area contributed by atoms with Crippen molar-refractivity contribution >= 4 is 0 Å². The summed E-state index contributed by atoms with van der Waals surface area (Å²) in [5, 5.41) is 31.9. The Hall–Kier alpha value is -1.41. The molecule has 4 N–H and O–H groups in total. The second kappa shape index (κ2) is 5.70. The summed E-state index contributed by atoms with van der Waals surface area (Å²) in [6, 6.07) is 2.22. The van der Waals surface area contributed by atoms with Gasteiger partial charge in [-0.05, 0) is 6.07 Å². The molecule has 0 spiro atoms. The van der Waals surface area contributed by atoms with Crippen LogP contribution in [-0.2, 0) is 0 Å². The van der Waals surface area contributed by atoms with Gasteiger partial charge in [0, 0.05) is 11.6 Å². The molecule has 1 aliphatic heterocycles. The number of ether oxygens (including phenoxy) is 2. The first-order valence-electron chi connectivity index (χ1n) is 5.94. The van der Waals surface area contributed by atoms with Crippen LogP contribution in [0.5, 0.6) is 11.8 Å².